The molecular weight excluding hydrogens is 460 g/mol. The standard InChI is InChI=1S/C25H27ClN2O4S/c1-16-12-17(2)24(18(3)13-16)33(30,31)28-22(14-19-8-6-5-7-9-19)25(29)27-21-15-20(26)10-11-23(21)32-4/h5-13,15,22,28H,14H2,1-4H3,(H,27,29). The Kier molecular flexibility index (Phi) is 7.79. The second-order valence-corrected chi connectivity index (χ2v) is 10.0. The molecule has 3 aromatic rings. The summed E-state index contributed by atoms with van der Waals surface area (Å²) in [5, 5.41) is 3.17. The number of benzene rings is 3. The molecule has 0 fully saturated rings. The highest BCUT2D eigenvalue weighted by Gasteiger charge is 2.29. The van der Waals surface area contributed by atoms with Gasteiger partial charge in [0, 0.05) is 5.02 Å². The fourth-order valence-electron chi connectivity index (χ4n) is 3.87. The van der Waals surface area contributed by atoms with E-state index in [1.807, 2.05) is 49.4 Å². The zero-order valence-corrected chi connectivity index (χ0v) is 20.5. The van der Waals surface area contributed by atoms with Gasteiger partial charge in [0.05, 0.1) is 17.7 Å². The van der Waals surface area contributed by atoms with Crippen LogP contribution in [0.2, 0.25) is 5.02 Å². The molecule has 2 N–H and O–H groups in total. The maximum absolute atomic E-state index is 13.4. The Morgan fingerprint density at radius 1 is 1.00 bits per heavy atom. The number of hydrogen-bond donors (Lipinski definition) is 2. The molecule has 3 aromatic carbocycles. The fraction of sp³-hybridized carbons (Fsp3) is 0.240. The van der Waals surface area contributed by atoms with Crippen molar-refractivity contribution in [3.8, 4) is 5.75 Å². The minimum atomic E-state index is -3.99. The SMILES string of the molecule is COc1ccc(Cl)cc1NC(=O)C(Cc1ccccc1)NS(=O)(=O)c1c(C)cc(C)cc1C. The molecule has 0 saturated carbocycles. The maximum Gasteiger partial charge on any atom is 0.243 e. The van der Waals surface area contributed by atoms with Crippen molar-refractivity contribution >= 4 is 33.2 Å². The number of halogens is 1. The van der Waals surface area contributed by atoms with Crippen LogP contribution in [0, 0.1) is 20.8 Å². The molecule has 8 heteroatoms. The molecule has 1 atom stereocenters. The highest BCUT2D eigenvalue weighted by Crippen LogP contribution is 2.28. The molecular formula is C25H27ClN2O4S. The summed E-state index contributed by atoms with van der Waals surface area (Å²) in [5.41, 5.74) is 3.38. The average molecular weight is 487 g/mol. The van der Waals surface area contributed by atoms with E-state index in [9.17, 15) is 13.2 Å². The van der Waals surface area contributed by atoms with E-state index in [0.29, 0.717) is 27.6 Å². The van der Waals surface area contributed by atoms with Crippen molar-refractivity contribution < 1.29 is 17.9 Å². The highest BCUT2D eigenvalue weighted by molar-refractivity contribution is 7.89. The first-order valence-electron chi connectivity index (χ1n) is 10.4. The Morgan fingerprint density at radius 3 is 2.24 bits per heavy atom. The molecule has 174 valence electrons. The summed E-state index contributed by atoms with van der Waals surface area (Å²) < 4.78 is 34.7. The van der Waals surface area contributed by atoms with Gasteiger partial charge in [-0.2, -0.15) is 4.72 Å². The van der Waals surface area contributed by atoms with Gasteiger partial charge >= 0.3 is 0 Å². The van der Waals surface area contributed by atoms with Gasteiger partial charge in [-0.1, -0.05) is 59.6 Å². The number of sulfonamides is 1. The molecule has 33 heavy (non-hydrogen) atoms. The fourth-order valence-corrected chi connectivity index (χ4v) is 5.69. The van der Waals surface area contributed by atoms with Gasteiger partial charge in [-0.05, 0) is 62.1 Å². The summed E-state index contributed by atoms with van der Waals surface area (Å²) in [4.78, 5) is 13.5. The molecule has 0 radical (unpaired) electrons. The summed E-state index contributed by atoms with van der Waals surface area (Å²) in [7, 11) is -2.51. The highest BCUT2D eigenvalue weighted by atomic mass is 35.5. The minimum Gasteiger partial charge on any atom is -0.495 e. The normalized spacial score (nSPS) is 12.3. The van der Waals surface area contributed by atoms with Crippen molar-refractivity contribution in [3.63, 3.8) is 0 Å². The molecule has 0 heterocycles. The topological polar surface area (TPSA) is 84.5 Å². The third-order valence-electron chi connectivity index (χ3n) is 5.19. The van der Waals surface area contributed by atoms with Gasteiger partial charge in [-0.3, -0.25) is 4.79 Å². The van der Waals surface area contributed by atoms with Crippen LogP contribution in [0.1, 0.15) is 22.3 Å². The van der Waals surface area contributed by atoms with E-state index in [2.05, 4.69) is 10.0 Å². The molecule has 6 nitrogen and oxygen atoms in total. The third-order valence-corrected chi connectivity index (χ3v) is 7.20. The Balaban J connectivity index is 1.97. The van der Waals surface area contributed by atoms with Gasteiger partial charge < -0.3 is 10.1 Å². The van der Waals surface area contributed by atoms with Crippen molar-refractivity contribution in [2.45, 2.75) is 38.1 Å². The minimum absolute atomic E-state index is 0.165. The summed E-state index contributed by atoms with van der Waals surface area (Å²) >= 11 is 6.08. The monoisotopic (exact) mass is 486 g/mol. The number of rotatable bonds is 8. The molecule has 0 aliphatic rings. The predicted octanol–water partition coefficient (Wildman–Crippen LogP) is 4.80. The second kappa shape index (κ2) is 10.4. The number of methoxy groups -OCH3 is 1. The Hall–Kier alpha value is -2.87. The maximum atomic E-state index is 13.4. The van der Waals surface area contributed by atoms with Crippen molar-refractivity contribution in [3.05, 3.63) is 87.9 Å². The lowest BCUT2D eigenvalue weighted by Crippen LogP contribution is -2.45. The van der Waals surface area contributed by atoms with E-state index < -0.39 is 22.0 Å². The van der Waals surface area contributed by atoms with Gasteiger partial charge in [-0.15, -0.1) is 0 Å². The molecule has 0 aliphatic carbocycles. The van der Waals surface area contributed by atoms with Crippen LogP contribution in [0.4, 0.5) is 5.69 Å². The van der Waals surface area contributed by atoms with E-state index in [4.69, 9.17) is 16.3 Å². The number of ether oxygens (including phenoxy) is 1. The van der Waals surface area contributed by atoms with Crippen LogP contribution in [0.5, 0.6) is 5.75 Å². The van der Waals surface area contributed by atoms with Crippen molar-refractivity contribution in [2.75, 3.05) is 12.4 Å². The van der Waals surface area contributed by atoms with Crippen molar-refractivity contribution in [2.24, 2.45) is 0 Å². The molecule has 0 saturated heterocycles. The van der Waals surface area contributed by atoms with Crippen LogP contribution in [-0.4, -0.2) is 27.5 Å². The Labute approximate surface area is 200 Å². The van der Waals surface area contributed by atoms with Gasteiger partial charge in [0.25, 0.3) is 0 Å². The van der Waals surface area contributed by atoms with Crippen LogP contribution in [0.15, 0.2) is 65.6 Å². The Morgan fingerprint density at radius 2 is 1.64 bits per heavy atom. The van der Waals surface area contributed by atoms with Crippen LogP contribution in [0.25, 0.3) is 0 Å². The lowest BCUT2D eigenvalue weighted by Gasteiger charge is -2.21. The number of aryl methyl sites for hydroxylation is 3. The smallest absolute Gasteiger partial charge is 0.243 e. The molecule has 0 aromatic heterocycles. The average Bonchev–Trinajstić information content (AvgIpc) is 2.73. The molecule has 1 amide bonds. The second-order valence-electron chi connectivity index (χ2n) is 7.93. The quantitative estimate of drug-likeness (QED) is 0.479. The lowest BCUT2D eigenvalue weighted by molar-refractivity contribution is -0.117. The summed E-state index contributed by atoms with van der Waals surface area (Å²) in [6, 6.07) is 16.6. The number of hydrogen-bond acceptors (Lipinski definition) is 4. The first kappa shape index (κ1) is 24.8. The first-order chi connectivity index (χ1) is 15.6. The largest absolute Gasteiger partial charge is 0.495 e. The van der Waals surface area contributed by atoms with Crippen molar-refractivity contribution in [1.82, 2.24) is 4.72 Å². The van der Waals surface area contributed by atoms with Gasteiger partial charge in [0.2, 0.25) is 15.9 Å². The van der Waals surface area contributed by atoms with E-state index in [-0.39, 0.29) is 11.3 Å². The predicted molar refractivity (Wildman–Crippen MR) is 132 cm³/mol. The van der Waals surface area contributed by atoms with E-state index in [0.717, 1.165) is 11.1 Å². The molecule has 0 bridgehead atoms. The zero-order chi connectivity index (χ0) is 24.2. The van der Waals surface area contributed by atoms with Gasteiger partial charge in [0.1, 0.15) is 11.8 Å². The van der Waals surface area contributed by atoms with Gasteiger partial charge in [0.15, 0.2) is 0 Å². The number of amides is 1. The molecule has 0 aliphatic heterocycles. The molecule has 3 rings (SSSR count). The van der Waals surface area contributed by atoms with Crippen molar-refractivity contribution in [1.29, 1.82) is 0 Å². The van der Waals surface area contributed by atoms with Crippen LogP contribution < -0.4 is 14.8 Å². The molecule has 0 spiro atoms. The van der Waals surface area contributed by atoms with Crippen LogP contribution in [-0.2, 0) is 21.2 Å². The summed E-state index contributed by atoms with van der Waals surface area (Å²) in [5.74, 6) is -0.107. The number of carbonyl (C=O) groups excluding carboxylic acids is 1. The first-order valence-corrected chi connectivity index (χ1v) is 12.3. The number of nitrogens with one attached hydrogen (secondary N) is 2. The zero-order valence-electron chi connectivity index (χ0n) is 19.0. The van der Waals surface area contributed by atoms with Gasteiger partial charge in [-0.25, -0.2) is 8.42 Å². The number of carbonyl (C=O) groups is 1. The number of anilines is 1. The summed E-state index contributed by atoms with van der Waals surface area (Å²) in [6.45, 7) is 5.41. The van der Waals surface area contributed by atoms with Crippen LogP contribution >= 0.6 is 11.6 Å². The summed E-state index contributed by atoms with van der Waals surface area (Å²) in [6.07, 6.45) is 0.165. The van der Waals surface area contributed by atoms with E-state index in [1.165, 1.54) is 7.11 Å². The molecule has 1 unspecified atom stereocenters. The van der Waals surface area contributed by atoms with E-state index >= 15 is 0 Å². The lowest BCUT2D eigenvalue weighted by atomic mass is 10.1. The van der Waals surface area contributed by atoms with Crippen LogP contribution in [0.3, 0.4) is 0 Å². The van der Waals surface area contributed by atoms with E-state index in [1.54, 1.807) is 32.0 Å². The Bertz CT molecular complexity index is 1240. The third kappa shape index (κ3) is 6.13.